The lowest BCUT2D eigenvalue weighted by Crippen LogP contribution is -2.15. The van der Waals surface area contributed by atoms with Crippen LogP contribution < -0.4 is 14.2 Å². The van der Waals surface area contributed by atoms with Crippen molar-refractivity contribution in [2.45, 2.75) is 20.1 Å². The van der Waals surface area contributed by atoms with Crippen LogP contribution in [0, 0.1) is 0 Å². The lowest BCUT2D eigenvalue weighted by Gasteiger charge is -2.14. The van der Waals surface area contributed by atoms with Gasteiger partial charge in [0.25, 0.3) is 0 Å². The molecule has 0 bridgehead atoms. The Kier molecular flexibility index (Phi) is 41.5. The molecule has 0 saturated heterocycles. The number of hydrogen-bond donors (Lipinski definition) is 0. The lowest BCUT2D eigenvalue weighted by molar-refractivity contribution is -0.0141. The third-order valence-corrected chi connectivity index (χ3v) is 9.23. The Morgan fingerprint density at radius 3 is 0.657 bits per heavy atom. The van der Waals surface area contributed by atoms with Crippen molar-refractivity contribution in [1.82, 2.24) is 0 Å². The normalized spacial score (nSPS) is 11.4. The largest absolute Gasteiger partial charge is 0.491 e. The number of hydrogen-bond acceptors (Lipinski definition) is 18. The summed E-state index contributed by atoms with van der Waals surface area (Å²) in [7, 11) is 0. The van der Waals surface area contributed by atoms with Crippen LogP contribution in [0.4, 0.5) is 0 Å². The summed E-state index contributed by atoms with van der Waals surface area (Å²) in [5, 5.41) is 0. The molecular formula is C52H82O18. The van der Waals surface area contributed by atoms with E-state index in [-0.39, 0.29) is 0 Å². The Labute approximate surface area is 416 Å². The maximum atomic E-state index is 6.00. The zero-order valence-electron chi connectivity index (χ0n) is 41.7. The van der Waals surface area contributed by atoms with Gasteiger partial charge in [-0.2, -0.15) is 0 Å². The average Bonchev–Trinajstić information content (AvgIpc) is 3.38. The van der Waals surface area contributed by atoms with Gasteiger partial charge in [-0.3, -0.25) is 0 Å². The van der Waals surface area contributed by atoms with Gasteiger partial charge in [0, 0.05) is 24.8 Å². The standard InChI is InChI=1S/C52H82O18/c1-2-53-13-14-54-15-16-55-17-20-58-27-30-63-37-40-68-50-43-51(69-41-38-64-31-28-59-21-18-56-23-25-61-33-35-66-46-48-9-5-3-6-10-48)45-52(44-50)70-42-39-65-32-29-60-22-19-57-24-26-62-34-36-67-47-49-11-7-4-8-12-49/h3-12,43-45H,2,13-42,46-47H2,1H3. The second-order valence-electron chi connectivity index (χ2n) is 14.8. The molecule has 0 fully saturated rings. The van der Waals surface area contributed by atoms with E-state index in [1.165, 1.54) is 0 Å². The monoisotopic (exact) mass is 995 g/mol. The van der Waals surface area contributed by atoms with E-state index in [1.807, 2.05) is 85.8 Å². The Morgan fingerprint density at radius 1 is 0.229 bits per heavy atom. The van der Waals surface area contributed by atoms with Crippen LogP contribution in [0.3, 0.4) is 0 Å². The van der Waals surface area contributed by atoms with Crippen LogP contribution in [0.15, 0.2) is 78.9 Å². The average molecular weight is 995 g/mol. The van der Waals surface area contributed by atoms with Crippen molar-refractivity contribution in [1.29, 1.82) is 0 Å². The fourth-order valence-corrected chi connectivity index (χ4v) is 5.76. The summed E-state index contributed by atoms with van der Waals surface area (Å²) in [5.74, 6) is 1.74. The molecule has 0 unspecified atom stereocenters. The van der Waals surface area contributed by atoms with Gasteiger partial charge in [-0.1, -0.05) is 60.7 Å². The smallest absolute Gasteiger partial charge is 0.126 e. The van der Waals surface area contributed by atoms with Gasteiger partial charge in [-0.25, -0.2) is 0 Å². The Bertz CT molecular complexity index is 1440. The molecule has 18 nitrogen and oxygen atoms in total. The first-order valence-electron chi connectivity index (χ1n) is 24.6. The Balaban J connectivity index is 1.19. The molecule has 398 valence electrons. The highest BCUT2D eigenvalue weighted by atomic mass is 16.6. The van der Waals surface area contributed by atoms with E-state index < -0.39 is 0 Å². The molecule has 3 rings (SSSR count). The number of rotatable bonds is 53. The zero-order chi connectivity index (χ0) is 49.1. The molecule has 0 N–H and O–H groups in total. The summed E-state index contributed by atoms with van der Waals surface area (Å²) >= 11 is 0. The highest BCUT2D eigenvalue weighted by Crippen LogP contribution is 2.28. The van der Waals surface area contributed by atoms with Gasteiger partial charge in [0.2, 0.25) is 0 Å². The Hall–Kier alpha value is -3.54. The second kappa shape index (κ2) is 47.8. The summed E-state index contributed by atoms with van der Waals surface area (Å²) in [6.45, 7) is 17.7. The van der Waals surface area contributed by atoms with Gasteiger partial charge in [-0.15, -0.1) is 0 Å². The first-order valence-corrected chi connectivity index (χ1v) is 24.6. The van der Waals surface area contributed by atoms with Gasteiger partial charge in [0.05, 0.1) is 192 Å². The van der Waals surface area contributed by atoms with Crippen molar-refractivity contribution in [3.8, 4) is 17.2 Å². The van der Waals surface area contributed by atoms with Crippen molar-refractivity contribution in [3.05, 3.63) is 90.0 Å². The van der Waals surface area contributed by atoms with Gasteiger partial charge in [-0.05, 0) is 18.1 Å². The minimum atomic E-state index is 0.326. The third kappa shape index (κ3) is 38.2. The van der Waals surface area contributed by atoms with E-state index in [4.69, 9.17) is 85.3 Å². The molecule has 0 aromatic heterocycles. The molecule has 0 saturated carbocycles. The van der Waals surface area contributed by atoms with Crippen LogP contribution >= 0.6 is 0 Å². The molecule has 70 heavy (non-hydrogen) atoms. The van der Waals surface area contributed by atoms with Crippen LogP contribution in [0.5, 0.6) is 17.2 Å². The molecule has 0 atom stereocenters. The van der Waals surface area contributed by atoms with Crippen molar-refractivity contribution >= 4 is 0 Å². The minimum Gasteiger partial charge on any atom is -0.491 e. The maximum absolute atomic E-state index is 6.00. The fourth-order valence-electron chi connectivity index (χ4n) is 5.76. The summed E-state index contributed by atoms with van der Waals surface area (Å²) in [4.78, 5) is 0. The molecule has 0 radical (unpaired) electrons. The fraction of sp³-hybridized carbons (Fsp3) is 0.654. The SMILES string of the molecule is CCOCCOCCOCCOCCOCCOc1cc(OCCOCCOCCOCCOCCOCc2ccccc2)cc(OCCOCCOCCOCCOCCOCc2ccccc2)c1. The van der Waals surface area contributed by atoms with Gasteiger partial charge in [0.15, 0.2) is 0 Å². The predicted octanol–water partition coefficient (Wildman–Crippen LogP) is 5.49. The summed E-state index contributed by atoms with van der Waals surface area (Å²) in [6.07, 6.45) is 0. The topological polar surface area (TPSA) is 166 Å². The van der Waals surface area contributed by atoms with Crippen molar-refractivity contribution in [2.24, 2.45) is 0 Å². The lowest BCUT2D eigenvalue weighted by atomic mass is 10.2. The van der Waals surface area contributed by atoms with E-state index in [1.54, 1.807) is 0 Å². The quantitative estimate of drug-likeness (QED) is 0.0651. The molecule has 0 aliphatic heterocycles. The summed E-state index contributed by atoms with van der Waals surface area (Å²) < 4.78 is 102. The van der Waals surface area contributed by atoms with Crippen LogP contribution in [-0.2, 0) is 84.3 Å². The number of benzene rings is 3. The zero-order valence-corrected chi connectivity index (χ0v) is 41.7. The van der Waals surface area contributed by atoms with E-state index in [0.717, 1.165) is 11.1 Å². The first-order chi connectivity index (χ1) is 34.8. The molecule has 0 aliphatic rings. The van der Waals surface area contributed by atoms with E-state index in [2.05, 4.69) is 0 Å². The highest BCUT2D eigenvalue weighted by Gasteiger charge is 2.07. The van der Waals surface area contributed by atoms with Gasteiger partial charge in [0.1, 0.15) is 37.1 Å². The summed E-state index contributed by atoms with van der Waals surface area (Å²) in [5.41, 5.74) is 2.29. The van der Waals surface area contributed by atoms with Crippen molar-refractivity contribution in [3.63, 3.8) is 0 Å². The van der Waals surface area contributed by atoms with E-state index in [9.17, 15) is 0 Å². The molecule has 18 heteroatoms. The van der Waals surface area contributed by atoms with Crippen LogP contribution in [0.2, 0.25) is 0 Å². The van der Waals surface area contributed by atoms with Crippen LogP contribution in [0.1, 0.15) is 18.1 Å². The molecule has 0 spiro atoms. The summed E-state index contributed by atoms with van der Waals surface area (Å²) in [6, 6.07) is 25.5. The van der Waals surface area contributed by atoms with Crippen molar-refractivity contribution < 1.29 is 85.3 Å². The molecule has 3 aromatic carbocycles. The van der Waals surface area contributed by atoms with Gasteiger partial charge < -0.3 is 85.3 Å². The van der Waals surface area contributed by atoms with E-state index >= 15 is 0 Å². The molecule has 0 aliphatic carbocycles. The molecule has 0 amide bonds. The molecule has 0 heterocycles. The second-order valence-corrected chi connectivity index (χ2v) is 14.8. The van der Waals surface area contributed by atoms with Crippen molar-refractivity contribution in [2.75, 3.05) is 205 Å². The third-order valence-electron chi connectivity index (χ3n) is 9.23. The van der Waals surface area contributed by atoms with Crippen LogP contribution in [0.25, 0.3) is 0 Å². The predicted molar refractivity (Wildman–Crippen MR) is 261 cm³/mol. The van der Waals surface area contributed by atoms with Gasteiger partial charge >= 0.3 is 0 Å². The first kappa shape index (κ1) is 60.8. The molecule has 3 aromatic rings. The minimum absolute atomic E-state index is 0.326. The highest BCUT2D eigenvalue weighted by molar-refractivity contribution is 5.42. The molecular weight excluding hydrogens is 913 g/mol. The maximum Gasteiger partial charge on any atom is 0.126 e. The number of ether oxygens (including phenoxy) is 18. The Morgan fingerprint density at radius 2 is 0.429 bits per heavy atom. The van der Waals surface area contributed by atoms with E-state index in [0.29, 0.717) is 235 Å². The van der Waals surface area contributed by atoms with Crippen LogP contribution in [-0.4, -0.2) is 205 Å².